The second-order valence-electron chi connectivity index (χ2n) is 14.3. The molecule has 1 fully saturated rings. The molecule has 0 bridgehead atoms. The molecule has 2 rings (SSSR count). The number of benzene rings is 1. The Morgan fingerprint density at radius 2 is 1.15 bits per heavy atom. The minimum absolute atomic E-state index is 0.0853. The second-order valence-corrected chi connectivity index (χ2v) is 14.3. The highest BCUT2D eigenvalue weighted by atomic mass is 16.6. The number of nitrogens with zero attached hydrogens (tertiary/aromatic N) is 1. The zero-order valence-corrected chi connectivity index (χ0v) is 35.8. The lowest BCUT2D eigenvalue weighted by Gasteiger charge is -2.33. The molecule has 0 unspecified atom stereocenters. The first-order valence-electron chi connectivity index (χ1n) is 20.8. The van der Waals surface area contributed by atoms with Gasteiger partial charge in [0.15, 0.2) is 0 Å². The Morgan fingerprint density at radius 3 is 1.62 bits per heavy atom. The summed E-state index contributed by atoms with van der Waals surface area (Å²) in [7, 11) is 1.56. The van der Waals surface area contributed by atoms with E-state index in [-0.39, 0.29) is 46.0 Å². The standard InChI is InChI=1S/C42H67N9O10/c1-6-23-59-40(55)43-20-12-9-15-33-27-46-37(52)50-34(16-10-13-21-44-41(56)60-24-7-2)28-48-39(54)51(30-32-19-18-31(4)26-36(32)58-5)35(29-47-38(53)49-33)17-11-14-22-45-42(57)61-25-8-3/h6-8,18-19,26,33-35H,1-3,9-17,20-25,27-30H2,4-5H3,(H,43,55)(H,44,56)(H,45,57)(H,48,54)(H2,46,50,52)(H2,47,49,53)/t33-,34-,35-/m0/s1. The van der Waals surface area contributed by atoms with Gasteiger partial charge in [0.2, 0.25) is 0 Å². The van der Waals surface area contributed by atoms with Gasteiger partial charge in [-0.1, -0.05) is 50.1 Å². The van der Waals surface area contributed by atoms with E-state index in [2.05, 4.69) is 62.3 Å². The summed E-state index contributed by atoms with van der Waals surface area (Å²) >= 11 is 0. The van der Waals surface area contributed by atoms with Gasteiger partial charge in [-0.25, -0.2) is 28.8 Å². The van der Waals surface area contributed by atoms with Crippen LogP contribution in [-0.4, -0.2) is 126 Å². The highest BCUT2D eigenvalue weighted by Gasteiger charge is 2.27. The molecule has 1 aromatic rings. The number of unbranched alkanes of at least 4 members (excludes halogenated alkanes) is 3. The molecule has 1 saturated heterocycles. The summed E-state index contributed by atoms with van der Waals surface area (Å²) in [4.78, 5) is 78.4. The molecule has 1 aliphatic rings. The maximum atomic E-state index is 14.3. The van der Waals surface area contributed by atoms with Crippen LogP contribution in [0.25, 0.3) is 0 Å². The van der Waals surface area contributed by atoms with E-state index >= 15 is 0 Å². The molecule has 340 valence electrons. The first-order chi connectivity index (χ1) is 29.5. The molecule has 0 radical (unpaired) electrons. The number of nitrogens with one attached hydrogen (secondary N) is 8. The monoisotopic (exact) mass is 858 g/mol. The number of methoxy groups -OCH3 is 1. The summed E-state index contributed by atoms with van der Waals surface area (Å²) in [5.74, 6) is 0.597. The Bertz CT molecular complexity index is 1560. The van der Waals surface area contributed by atoms with Crippen LogP contribution in [0, 0.1) is 6.92 Å². The molecule has 0 aromatic heterocycles. The van der Waals surface area contributed by atoms with Gasteiger partial charge < -0.3 is 66.4 Å². The second kappa shape index (κ2) is 30.8. The summed E-state index contributed by atoms with van der Waals surface area (Å²) < 4.78 is 20.6. The van der Waals surface area contributed by atoms with Crippen LogP contribution in [0.3, 0.4) is 0 Å². The van der Waals surface area contributed by atoms with Crippen molar-refractivity contribution in [2.45, 2.75) is 89.4 Å². The van der Waals surface area contributed by atoms with Crippen LogP contribution in [0.4, 0.5) is 28.8 Å². The molecule has 0 spiro atoms. The molecule has 0 saturated carbocycles. The van der Waals surface area contributed by atoms with Gasteiger partial charge in [0.25, 0.3) is 0 Å². The van der Waals surface area contributed by atoms with Gasteiger partial charge in [0.1, 0.15) is 25.6 Å². The van der Waals surface area contributed by atoms with E-state index in [1.165, 1.54) is 18.2 Å². The maximum absolute atomic E-state index is 14.3. The van der Waals surface area contributed by atoms with E-state index in [1.54, 1.807) is 12.0 Å². The van der Waals surface area contributed by atoms with Crippen LogP contribution in [0.5, 0.6) is 5.75 Å². The molecule has 9 amide bonds. The van der Waals surface area contributed by atoms with Crippen molar-refractivity contribution in [2.24, 2.45) is 0 Å². The molecule has 8 N–H and O–H groups in total. The number of aryl methyl sites for hydroxylation is 1. The van der Waals surface area contributed by atoms with Gasteiger partial charge in [-0.3, -0.25) is 0 Å². The van der Waals surface area contributed by atoms with Gasteiger partial charge in [-0.15, -0.1) is 0 Å². The van der Waals surface area contributed by atoms with Crippen LogP contribution in [-0.2, 0) is 20.8 Å². The molecule has 1 heterocycles. The van der Waals surface area contributed by atoms with Crippen LogP contribution >= 0.6 is 0 Å². The lowest BCUT2D eigenvalue weighted by atomic mass is 10.1. The van der Waals surface area contributed by atoms with E-state index in [9.17, 15) is 28.8 Å². The largest absolute Gasteiger partial charge is 0.496 e. The Balaban J connectivity index is 2.34. The van der Waals surface area contributed by atoms with Crippen LogP contribution in [0.1, 0.15) is 68.9 Å². The van der Waals surface area contributed by atoms with Crippen molar-refractivity contribution in [3.05, 3.63) is 67.3 Å². The third kappa shape index (κ3) is 22.7. The van der Waals surface area contributed by atoms with E-state index in [4.69, 9.17) is 18.9 Å². The first-order valence-corrected chi connectivity index (χ1v) is 20.8. The Labute approximate surface area is 359 Å². The third-order valence-corrected chi connectivity index (χ3v) is 9.39. The molecular weight excluding hydrogens is 791 g/mol. The zero-order valence-electron chi connectivity index (χ0n) is 35.8. The number of amides is 9. The molecule has 3 atom stereocenters. The number of hydrogen-bond donors (Lipinski definition) is 8. The van der Waals surface area contributed by atoms with E-state index in [1.807, 2.05) is 25.1 Å². The SMILES string of the molecule is C=CCOC(=O)NCCCC[C@H]1CNC(=O)N[C@@H](CCCCNC(=O)OCC=C)CNC(=O)N(Cc2ccc(C)cc2OC)[C@@H](CCCCNC(=O)OCC=C)CNC(=O)N1. The topological polar surface area (TPSA) is 239 Å². The van der Waals surface area contributed by atoms with Crippen molar-refractivity contribution >= 4 is 36.4 Å². The van der Waals surface area contributed by atoms with Gasteiger partial charge in [0.05, 0.1) is 19.7 Å². The van der Waals surface area contributed by atoms with E-state index < -0.39 is 54.5 Å². The van der Waals surface area contributed by atoms with E-state index in [0.717, 1.165) is 11.1 Å². The smallest absolute Gasteiger partial charge is 0.407 e. The van der Waals surface area contributed by atoms with Gasteiger partial charge >= 0.3 is 36.4 Å². The zero-order chi connectivity index (χ0) is 44.7. The summed E-state index contributed by atoms with van der Waals surface area (Å²) in [6.07, 6.45) is 7.69. The third-order valence-electron chi connectivity index (χ3n) is 9.39. The summed E-state index contributed by atoms with van der Waals surface area (Å²) in [6, 6.07) is 2.82. The number of carbonyl (C=O) groups is 6. The predicted molar refractivity (Wildman–Crippen MR) is 231 cm³/mol. The minimum Gasteiger partial charge on any atom is -0.496 e. The fourth-order valence-corrected chi connectivity index (χ4v) is 6.23. The fourth-order valence-electron chi connectivity index (χ4n) is 6.23. The van der Waals surface area contributed by atoms with Crippen molar-refractivity contribution < 1.29 is 47.7 Å². The van der Waals surface area contributed by atoms with Crippen molar-refractivity contribution in [1.29, 1.82) is 0 Å². The summed E-state index contributed by atoms with van der Waals surface area (Å²) in [5.41, 5.74) is 1.72. The van der Waals surface area contributed by atoms with Crippen LogP contribution in [0.2, 0.25) is 0 Å². The molecule has 19 heteroatoms. The van der Waals surface area contributed by atoms with Gasteiger partial charge in [0, 0.05) is 56.9 Å². The molecule has 0 aliphatic carbocycles. The number of alkyl carbamates (subject to hydrolysis) is 3. The molecule has 1 aromatic carbocycles. The Kier molecular flexibility index (Phi) is 25.8. The van der Waals surface area contributed by atoms with Crippen molar-refractivity contribution in [3.8, 4) is 5.75 Å². The molecule has 1 aliphatic heterocycles. The predicted octanol–water partition coefficient (Wildman–Crippen LogP) is 4.48. The lowest BCUT2D eigenvalue weighted by Crippen LogP contribution is -2.53. The van der Waals surface area contributed by atoms with Crippen LogP contribution < -0.4 is 47.3 Å². The van der Waals surface area contributed by atoms with Crippen molar-refractivity contribution in [1.82, 2.24) is 47.4 Å². The van der Waals surface area contributed by atoms with Crippen molar-refractivity contribution in [3.63, 3.8) is 0 Å². The number of ether oxygens (including phenoxy) is 4. The quantitative estimate of drug-likeness (QED) is 0.0412. The fraction of sp³-hybridized carbons (Fsp3) is 0.571. The summed E-state index contributed by atoms with van der Waals surface area (Å²) in [6.45, 7) is 14.3. The Hall–Kier alpha value is -6.14. The van der Waals surface area contributed by atoms with Gasteiger partial charge in [-0.2, -0.15) is 0 Å². The van der Waals surface area contributed by atoms with Crippen molar-refractivity contribution in [2.75, 3.05) is 66.2 Å². The molecule has 19 nitrogen and oxygen atoms in total. The number of hydrogen-bond acceptors (Lipinski definition) is 10. The average Bonchev–Trinajstić information content (AvgIpc) is 3.24. The molecular formula is C42H67N9O10. The number of urea groups is 3. The van der Waals surface area contributed by atoms with Gasteiger partial charge in [-0.05, 0) is 76.3 Å². The normalized spacial score (nSPS) is 17.2. The van der Waals surface area contributed by atoms with E-state index in [0.29, 0.717) is 83.2 Å². The average molecular weight is 858 g/mol. The number of rotatable bonds is 24. The number of carbonyl (C=O) groups excluding carboxylic acids is 6. The lowest BCUT2D eigenvalue weighted by molar-refractivity contribution is 0.155. The highest BCUT2D eigenvalue weighted by Crippen LogP contribution is 2.24. The highest BCUT2D eigenvalue weighted by molar-refractivity contribution is 5.77. The summed E-state index contributed by atoms with van der Waals surface area (Å²) in [5, 5.41) is 22.8. The maximum Gasteiger partial charge on any atom is 0.407 e. The minimum atomic E-state index is -0.560. The first kappa shape index (κ1) is 51.0. The van der Waals surface area contributed by atoms with Crippen LogP contribution in [0.15, 0.2) is 56.2 Å². The molecule has 61 heavy (non-hydrogen) atoms. The Morgan fingerprint density at radius 1 is 0.689 bits per heavy atom.